The van der Waals surface area contributed by atoms with Crippen molar-refractivity contribution in [3.63, 3.8) is 0 Å². The fraction of sp³-hybridized carbons (Fsp3) is 0.500. The van der Waals surface area contributed by atoms with Gasteiger partial charge in [0.15, 0.2) is 17.7 Å². The molecule has 9 heteroatoms. The highest BCUT2D eigenvalue weighted by Crippen LogP contribution is 2.23. The van der Waals surface area contributed by atoms with Crippen molar-refractivity contribution in [2.24, 2.45) is 0 Å². The first kappa shape index (κ1) is 19.0. The molecule has 1 rings (SSSR count). The molecule has 0 aliphatic carbocycles. The molecule has 1 aromatic rings. The van der Waals surface area contributed by atoms with E-state index in [9.17, 15) is 22.4 Å². The van der Waals surface area contributed by atoms with Gasteiger partial charge in [0.2, 0.25) is 0 Å². The SMILES string of the molecule is COc1cc([C@@H](C)NC(=O)N(C)C[C@H](O)C(F)(F)F)ccc1F. The van der Waals surface area contributed by atoms with Gasteiger partial charge in [0.25, 0.3) is 0 Å². The lowest BCUT2D eigenvalue weighted by atomic mass is 10.1. The number of methoxy groups -OCH3 is 1. The maximum absolute atomic E-state index is 13.3. The van der Waals surface area contributed by atoms with Gasteiger partial charge in [-0.2, -0.15) is 13.2 Å². The predicted molar refractivity (Wildman–Crippen MR) is 74.6 cm³/mol. The number of halogens is 4. The summed E-state index contributed by atoms with van der Waals surface area (Å²) in [7, 11) is 2.42. The van der Waals surface area contributed by atoms with Crippen LogP contribution in [0.4, 0.5) is 22.4 Å². The number of aliphatic hydroxyl groups is 1. The number of carbonyl (C=O) groups excluding carboxylic acids is 1. The van der Waals surface area contributed by atoms with Crippen LogP contribution in [0, 0.1) is 5.82 Å². The minimum atomic E-state index is -4.80. The number of nitrogens with zero attached hydrogens (tertiary/aromatic N) is 1. The summed E-state index contributed by atoms with van der Waals surface area (Å²) in [5.74, 6) is -0.579. The van der Waals surface area contributed by atoms with Crippen LogP contribution < -0.4 is 10.1 Å². The Labute approximate surface area is 130 Å². The Morgan fingerprint density at radius 3 is 2.57 bits per heavy atom. The van der Waals surface area contributed by atoms with Crippen LogP contribution >= 0.6 is 0 Å². The number of hydrogen-bond acceptors (Lipinski definition) is 3. The molecule has 23 heavy (non-hydrogen) atoms. The van der Waals surface area contributed by atoms with Crippen LogP contribution in [0.5, 0.6) is 5.75 Å². The number of benzene rings is 1. The smallest absolute Gasteiger partial charge is 0.416 e. The van der Waals surface area contributed by atoms with E-state index in [-0.39, 0.29) is 5.75 Å². The maximum Gasteiger partial charge on any atom is 0.416 e. The van der Waals surface area contributed by atoms with Gasteiger partial charge >= 0.3 is 12.2 Å². The third kappa shape index (κ3) is 5.27. The van der Waals surface area contributed by atoms with Gasteiger partial charge in [-0.1, -0.05) is 6.07 Å². The summed E-state index contributed by atoms with van der Waals surface area (Å²) in [6.07, 6.45) is -7.43. The number of urea groups is 1. The molecule has 0 fully saturated rings. The van der Waals surface area contributed by atoms with E-state index < -0.39 is 36.7 Å². The number of nitrogens with one attached hydrogen (secondary N) is 1. The van der Waals surface area contributed by atoms with Crippen LogP contribution in [-0.4, -0.2) is 49.0 Å². The molecule has 2 amide bonds. The number of rotatable bonds is 5. The van der Waals surface area contributed by atoms with E-state index in [1.165, 1.54) is 19.2 Å². The maximum atomic E-state index is 13.3. The van der Waals surface area contributed by atoms with Gasteiger partial charge < -0.3 is 20.1 Å². The van der Waals surface area contributed by atoms with Gasteiger partial charge in [0.1, 0.15) is 0 Å². The van der Waals surface area contributed by atoms with Gasteiger partial charge in [-0.15, -0.1) is 0 Å². The highest BCUT2D eigenvalue weighted by Gasteiger charge is 2.39. The fourth-order valence-corrected chi connectivity index (χ4v) is 1.77. The quantitative estimate of drug-likeness (QED) is 0.811. The lowest BCUT2D eigenvalue weighted by Crippen LogP contribution is -2.46. The molecule has 0 bridgehead atoms. The second-order valence-electron chi connectivity index (χ2n) is 5.00. The molecule has 5 nitrogen and oxygen atoms in total. The van der Waals surface area contributed by atoms with E-state index in [0.29, 0.717) is 5.56 Å². The van der Waals surface area contributed by atoms with Crippen molar-refractivity contribution >= 4 is 6.03 Å². The Kier molecular flexibility index (Phi) is 6.20. The van der Waals surface area contributed by atoms with Crippen molar-refractivity contribution < 1.29 is 32.2 Å². The van der Waals surface area contributed by atoms with Crippen molar-refractivity contribution in [2.45, 2.75) is 25.2 Å². The molecule has 1 aromatic carbocycles. The normalized spacial score (nSPS) is 14.1. The van der Waals surface area contributed by atoms with Crippen LogP contribution in [0.1, 0.15) is 18.5 Å². The van der Waals surface area contributed by atoms with Crippen LogP contribution in [0.25, 0.3) is 0 Å². The van der Waals surface area contributed by atoms with Crippen LogP contribution in [0.15, 0.2) is 18.2 Å². The molecular formula is C14H18F4N2O3. The first-order chi connectivity index (χ1) is 10.6. The number of hydrogen-bond donors (Lipinski definition) is 2. The Morgan fingerprint density at radius 2 is 2.04 bits per heavy atom. The molecule has 0 aliphatic rings. The molecule has 0 saturated carbocycles. The topological polar surface area (TPSA) is 61.8 Å². The number of alkyl halides is 3. The minimum Gasteiger partial charge on any atom is -0.494 e. The summed E-state index contributed by atoms with van der Waals surface area (Å²) in [5.41, 5.74) is 0.515. The van der Waals surface area contributed by atoms with E-state index in [2.05, 4.69) is 5.32 Å². The second kappa shape index (κ2) is 7.49. The Hall–Kier alpha value is -2.03. The molecule has 0 aromatic heterocycles. The molecule has 0 saturated heterocycles. The van der Waals surface area contributed by atoms with Gasteiger partial charge in [-0.05, 0) is 24.6 Å². The summed E-state index contributed by atoms with van der Waals surface area (Å²) in [4.78, 5) is 12.6. The van der Waals surface area contributed by atoms with Crippen molar-refractivity contribution in [3.05, 3.63) is 29.6 Å². The molecule has 0 unspecified atom stereocenters. The molecule has 130 valence electrons. The average molecular weight is 338 g/mol. The van der Waals surface area contributed by atoms with Crippen LogP contribution in [-0.2, 0) is 0 Å². The van der Waals surface area contributed by atoms with Gasteiger partial charge in [-0.25, -0.2) is 9.18 Å². The van der Waals surface area contributed by atoms with Gasteiger partial charge in [0, 0.05) is 7.05 Å². The summed E-state index contributed by atoms with van der Waals surface area (Å²) in [6.45, 7) is 0.688. The third-order valence-electron chi connectivity index (χ3n) is 3.19. The lowest BCUT2D eigenvalue weighted by Gasteiger charge is -2.24. The van der Waals surface area contributed by atoms with Gasteiger partial charge in [0.05, 0.1) is 19.7 Å². The van der Waals surface area contributed by atoms with E-state index in [4.69, 9.17) is 9.84 Å². The number of ether oxygens (including phenoxy) is 1. The minimum absolute atomic E-state index is 0.00977. The summed E-state index contributed by atoms with van der Waals surface area (Å²) in [5, 5.41) is 11.4. The monoisotopic (exact) mass is 338 g/mol. The standard InChI is InChI=1S/C14H18F4N2O3/c1-8(9-4-5-10(15)11(6-9)23-3)19-13(22)20(2)7-12(21)14(16,17)18/h4-6,8,12,21H,7H2,1-3H3,(H,19,22)/t8-,12+/m1/s1. The summed E-state index contributed by atoms with van der Waals surface area (Å²) >= 11 is 0. The molecular weight excluding hydrogens is 320 g/mol. The largest absolute Gasteiger partial charge is 0.494 e. The molecule has 2 N–H and O–H groups in total. The van der Waals surface area contributed by atoms with Gasteiger partial charge in [-0.3, -0.25) is 0 Å². The summed E-state index contributed by atoms with van der Waals surface area (Å²) < 4.78 is 54.9. The Morgan fingerprint density at radius 1 is 1.43 bits per heavy atom. The highest BCUT2D eigenvalue weighted by molar-refractivity contribution is 5.74. The zero-order valence-electron chi connectivity index (χ0n) is 12.8. The molecule has 0 spiro atoms. The zero-order valence-corrected chi connectivity index (χ0v) is 12.8. The number of carbonyl (C=O) groups is 1. The molecule has 2 atom stereocenters. The number of likely N-dealkylation sites (N-methyl/N-ethyl adjacent to an activating group) is 1. The van der Waals surface area contributed by atoms with Crippen molar-refractivity contribution in [2.75, 3.05) is 20.7 Å². The third-order valence-corrected chi connectivity index (χ3v) is 3.19. The zero-order chi connectivity index (χ0) is 17.8. The van der Waals surface area contributed by atoms with Crippen molar-refractivity contribution in [3.8, 4) is 5.75 Å². The van der Waals surface area contributed by atoms with E-state index >= 15 is 0 Å². The van der Waals surface area contributed by atoms with E-state index in [1.54, 1.807) is 6.92 Å². The lowest BCUT2D eigenvalue weighted by molar-refractivity contribution is -0.205. The molecule has 0 aliphatic heterocycles. The summed E-state index contributed by atoms with van der Waals surface area (Å²) in [6, 6.07) is 2.57. The van der Waals surface area contributed by atoms with Crippen LogP contribution in [0.2, 0.25) is 0 Å². The highest BCUT2D eigenvalue weighted by atomic mass is 19.4. The van der Waals surface area contributed by atoms with Crippen LogP contribution in [0.3, 0.4) is 0 Å². The predicted octanol–water partition coefficient (Wildman–Crippen LogP) is 2.46. The Bertz CT molecular complexity index is 551. The fourth-order valence-electron chi connectivity index (χ4n) is 1.77. The van der Waals surface area contributed by atoms with Crippen molar-refractivity contribution in [1.82, 2.24) is 10.2 Å². The Balaban J connectivity index is 2.69. The first-order valence-electron chi connectivity index (χ1n) is 6.66. The number of aliphatic hydroxyl groups excluding tert-OH is 1. The van der Waals surface area contributed by atoms with Crippen molar-refractivity contribution in [1.29, 1.82) is 0 Å². The second-order valence-corrected chi connectivity index (χ2v) is 5.00. The average Bonchev–Trinajstić information content (AvgIpc) is 2.46. The van der Waals surface area contributed by atoms with E-state index in [1.807, 2.05) is 0 Å². The molecule has 0 heterocycles. The number of amides is 2. The first-order valence-corrected chi connectivity index (χ1v) is 6.66. The van der Waals surface area contributed by atoms with E-state index in [0.717, 1.165) is 18.0 Å². The molecule has 0 radical (unpaired) electrons.